The SMILES string of the molecule is CCCN1C(c2ccccc2)N(CCC)[C@H](c2ccccc2)[C@H]1c1ccccc1. The Morgan fingerprint density at radius 1 is 0.517 bits per heavy atom. The van der Waals surface area contributed by atoms with Crippen molar-refractivity contribution in [1.82, 2.24) is 9.80 Å². The lowest BCUT2D eigenvalue weighted by atomic mass is 9.93. The standard InChI is InChI=1S/C27H32N2/c1-3-20-28-25(22-14-8-5-9-15-22)26(23-16-10-6-11-17-23)29(21-4-2)27(28)24-18-12-7-13-19-24/h5-19,25-27H,3-4,20-21H2,1-2H3/t25-,26-/m1/s1. The topological polar surface area (TPSA) is 6.48 Å². The first-order chi connectivity index (χ1) is 14.3. The monoisotopic (exact) mass is 384 g/mol. The maximum Gasteiger partial charge on any atom is 0.0897 e. The van der Waals surface area contributed by atoms with Crippen molar-refractivity contribution >= 4 is 0 Å². The van der Waals surface area contributed by atoms with Gasteiger partial charge in [0, 0.05) is 13.1 Å². The molecule has 1 aliphatic heterocycles. The lowest BCUT2D eigenvalue weighted by Crippen LogP contribution is -2.32. The molecular weight excluding hydrogens is 352 g/mol. The molecule has 0 saturated carbocycles. The first kappa shape index (κ1) is 19.9. The zero-order valence-corrected chi connectivity index (χ0v) is 17.6. The summed E-state index contributed by atoms with van der Waals surface area (Å²) in [4.78, 5) is 5.47. The predicted octanol–water partition coefficient (Wildman–Crippen LogP) is 6.61. The van der Waals surface area contributed by atoms with E-state index in [9.17, 15) is 0 Å². The summed E-state index contributed by atoms with van der Waals surface area (Å²) in [7, 11) is 0. The molecule has 29 heavy (non-hydrogen) atoms. The van der Waals surface area contributed by atoms with Gasteiger partial charge in [-0.25, -0.2) is 0 Å². The number of hydrogen-bond donors (Lipinski definition) is 0. The van der Waals surface area contributed by atoms with Crippen LogP contribution in [-0.4, -0.2) is 22.9 Å². The fourth-order valence-corrected chi connectivity index (χ4v) is 4.95. The maximum atomic E-state index is 2.73. The van der Waals surface area contributed by atoms with E-state index in [2.05, 4.69) is 115 Å². The summed E-state index contributed by atoms with van der Waals surface area (Å²) in [6.07, 6.45) is 2.59. The van der Waals surface area contributed by atoms with Crippen LogP contribution in [0.5, 0.6) is 0 Å². The summed E-state index contributed by atoms with van der Waals surface area (Å²) < 4.78 is 0. The van der Waals surface area contributed by atoms with Crippen molar-refractivity contribution in [3.63, 3.8) is 0 Å². The van der Waals surface area contributed by atoms with Crippen molar-refractivity contribution < 1.29 is 0 Å². The van der Waals surface area contributed by atoms with Gasteiger partial charge in [0.1, 0.15) is 0 Å². The number of nitrogens with zero attached hydrogens (tertiary/aromatic N) is 2. The minimum Gasteiger partial charge on any atom is -0.275 e. The lowest BCUT2D eigenvalue weighted by molar-refractivity contribution is 0.114. The van der Waals surface area contributed by atoms with E-state index in [0.29, 0.717) is 18.2 Å². The zero-order chi connectivity index (χ0) is 20.1. The first-order valence-electron chi connectivity index (χ1n) is 11.0. The zero-order valence-electron chi connectivity index (χ0n) is 17.6. The van der Waals surface area contributed by atoms with Gasteiger partial charge >= 0.3 is 0 Å². The molecule has 1 saturated heterocycles. The molecule has 0 N–H and O–H groups in total. The van der Waals surface area contributed by atoms with E-state index in [1.165, 1.54) is 16.7 Å². The number of hydrogen-bond acceptors (Lipinski definition) is 2. The summed E-state index contributed by atoms with van der Waals surface area (Å²) in [5.74, 6) is 0. The molecule has 0 radical (unpaired) electrons. The molecule has 0 aromatic heterocycles. The van der Waals surface area contributed by atoms with Gasteiger partial charge in [0.15, 0.2) is 0 Å². The highest BCUT2D eigenvalue weighted by atomic mass is 15.5. The molecule has 2 atom stereocenters. The van der Waals surface area contributed by atoms with Crippen LogP contribution in [0.25, 0.3) is 0 Å². The second-order valence-electron chi connectivity index (χ2n) is 7.97. The molecule has 4 rings (SSSR count). The Balaban J connectivity index is 1.89. The largest absolute Gasteiger partial charge is 0.275 e. The van der Waals surface area contributed by atoms with Crippen LogP contribution in [0.15, 0.2) is 91.0 Å². The van der Waals surface area contributed by atoms with E-state index < -0.39 is 0 Å². The molecule has 150 valence electrons. The second-order valence-corrected chi connectivity index (χ2v) is 7.97. The Bertz CT molecular complexity index is 807. The normalized spacial score (nSPS) is 20.9. The lowest BCUT2D eigenvalue weighted by Gasteiger charge is -2.32. The molecule has 2 nitrogen and oxygen atoms in total. The van der Waals surface area contributed by atoms with Crippen molar-refractivity contribution in [2.24, 2.45) is 0 Å². The van der Waals surface area contributed by atoms with Crippen molar-refractivity contribution in [3.8, 4) is 0 Å². The Hall–Kier alpha value is -2.42. The average molecular weight is 385 g/mol. The summed E-state index contributed by atoms with van der Waals surface area (Å²) >= 11 is 0. The van der Waals surface area contributed by atoms with Gasteiger partial charge in [0.25, 0.3) is 0 Å². The van der Waals surface area contributed by atoms with Crippen LogP contribution in [-0.2, 0) is 0 Å². The highest BCUT2D eigenvalue weighted by Gasteiger charge is 2.47. The van der Waals surface area contributed by atoms with Crippen molar-refractivity contribution in [3.05, 3.63) is 108 Å². The third kappa shape index (κ3) is 4.01. The van der Waals surface area contributed by atoms with E-state index in [0.717, 1.165) is 25.9 Å². The Labute approximate surface area is 175 Å². The Kier molecular flexibility index (Phi) is 6.43. The Morgan fingerprint density at radius 2 is 0.862 bits per heavy atom. The average Bonchev–Trinajstić information content (AvgIpc) is 3.10. The highest BCUT2D eigenvalue weighted by Crippen LogP contribution is 2.52. The van der Waals surface area contributed by atoms with E-state index >= 15 is 0 Å². The van der Waals surface area contributed by atoms with Gasteiger partial charge in [-0.1, -0.05) is 105 Å². The first-order valence-corrected chi connectivity index (χ1v) is 11.0. The molecule has 0 spiro atoms. The van der Waals surface area contributed by atoms with Gasteiger partial charge < -0.3 is 0 Å². The minimum atomic E-state index is 0.298. The second kappa shape index (κ2) is 9.39. The molecule has 2 heteroatoms. The van der Waals surface area contributed by atoms with Crippen molar-refractivity contribution in [1.29, 1.82) is 0 Å². The summed E-state index contributed by atoms with van der Waals surface area (Å²) in [6.45, 7) is 6.76. The third-order valence-corrected chi connectivity index (χ3v) is 5.99. The highest BCUT2D eigenvalue weighted by molar-refractivity contribution is 5.33. The third-order valence-electron chi connectivity index (χ3n) is 5.99. The molecular formula is C27H32N2. The fraction of sp³-hybridized carbons (Fsp3) is 0.333. The van der Waals surface area contributed by atoms with Gasteiger partial charge in [0.05, 0.1) is 18.2 Å². The summed E-state index contributed by atoms with van der Waals surface area (Å²) in [5, 5.41) is 0. The number of rotatable bonds is 7. The van der Waals surface area contributed by atoms with Gasteiger partial charge in [0.2, 0.25) is 0 Å². The van der Waals surface area contributed by atoms with Crippen LogP contribution >= 0.6 is 0 Å². The summed E-state index contributed by atoms with van der Waals surface area (Å²) in [6, 6.07) is 34.0. The predicted molar refractivity (Wildman–Crippen MR) is 122 cm³/mol. The van der Waals surface area contributed by atoms with Crippen LogP contribution in [0.2, 0.25) is 0 Å². The smallest absolute Gasteiger partial charge is 0.0897 e. The van der Waals surface area contributed by atoms with Gasteiger partial charge in [-0.05, 0) is 29.5 Å². The fourth-order valence-electron chi connectivity index (χ4n) is 4.95. The van der Waals surface area contributed by atoms with Crippen molar-refractivity contribution in [2.75, 3.05) is 13.1 Å². The molecule has 1 aliphatic rings. The number of benzene rings is 3. The van der Waals surface area contributed by atoms with Crippen molar-refractivity contribution in [2.45, 2.75) is 44.9 Å². The van der Waals surface area contributed by atoms with Crippen LogP contribution in [0, 0.1) is 0 Å². The molecule has 0 amide bonds. The van der Waals surface area contributed by atoms with Gasteiger partial charge in [-0.15, -0.1) is 0 Å². The van der Waals surface area contributed by atoms with Crippen LogP contribution < -0.4 is 0 Å². The molecule has 3 aromatic rings. The molecule has 3 aromatic carbocycles. The van der Waals surface area contributed by atoms with Crippen LogP contribution in [0.3, 0.4) is 0 Å². The Morgan fingerprint density at radius 3 is 1.21 bits per heavy atom. The van der Waals surface area contributed by atoms with E-state index in [4.69, 9.17) is 0 Å². The van der Waals surface area contributed by atoms with Gasteiger partial charge in [-0.2, -0.15) is 0 Å². The molecule has 1 fully saturated rings. The van der Waals surface area contributed by atoms with E-state index in [1.807, 2.05) is 0 Å². The van der Waals surface area contributed by atoms with E-state index in [-0.39, 0.29) is 0 Å². The van der Waals surface area contributed by atoms with Crippen LogP contribution in [0.1, 0.15) is 61.6 Å². The summed E-state index contributed by atoms with van der Waals surface area (Å²) in [5.41, 5.74) is 4.22. The molecule has 1 heterocycles. The molecule has 0 bridgehead atoms. The molecule has 0 unspecified atom stereocenters. The van der Waals surface area contributed by atoms with Gasteiger partial charge in [-0.3, -0.25) is 9.80 Å². The minimum absolute atomic E-state index is 0.298. The van der Waals surface area contributed by atoms with E-state index in [1.54, 1.807) is 0 Å². The molecule has 0 aliphatic carbocycles. The quantitative estimate of drug-likeness (QED) is 0.452. The van der Waals surface area contributed by atoms with Crippen LogP contribution in [0.4, 0.5) is 0 Å². The maximum absolute atomic E-state index is 2.73.